The van der Waals surface area contributed by atoms with Gasteiger partial charge in [0.1, 0.15) is 0 Å². The number of anilines is 2. The molecular formula is C15H26BrCl2N3OS. The summed E-state index contributed by atoms with van der Waals surface area (Å²) in [5, 5.41) is 2.88. The van der Waals surface area contributed by atoms with E-state index in [9.17, 15) is 4.79 Å². The van der Waals surface area contributed by atoms with Gasteiger partial charge in [0, 0.05) is 16.8 Å². The van der Waals surface area contributed by atoms with Crippen molar-refractivity contribution in [3.05, 3.63) is 22.2 Å². The normalized spacial score (nSPS) is 9.96. The van der Waals surface area contributed by atoms with Crippen LogP contribution in [0.4, 0.5) is 11.4 Å². The Morgan fingerprint density at radius 2 is 1.91 bits per heavy atom. The fourth-order valence-corrected chi connectivity index (χ4v) is 3.30. The Morgan fingerprint density at radius 3 is 2.48 bits per heavy atom. The van der Waals surface area contributed by atoms with E-state index in [4.69, 9.17) is 5.73 Å². The predicted molar refractivity (Wildman–Crippen MR) is 112 cm³/mol. The number of nitrogens with one attached hydrogen (secondary N) is 1. The standard InChI is InChI=1S/C15H24BrN3OS.2ClH/c1-4-19(5-2)6-7-21-10-14(20)18-13-9-12(16)8-11(3)15(13)17;;/h8-9H,4-7,10,17H2,1-3H3,(H,18,20);2*1H. The van der Waals surface area contributed by atoms with Crippen LogP contribution < -0.4 is 11.1 Å². The van der Waals surface area contributed by atoms with Gasteiger partial charge in [-0.25, -0.2) is 0 Å². The van der Waals surface area contributed by atoms with Gasteiger partial charge in [-0.3, -0.25) is 4.79 Å². The number of aryl methyl sites for hydroxylation is 1. The SMILES string of the molecule is CCN(CC)CCSCC(=O)Nc1cc(Br)cc(C)c1N.Cl.Cl. The lowest BCUT2D eigenvalue weighted by molar-refractivity contribution is -0.113. The Kier molecular flexibility index (Phi) is 14.4. The lowest BCUT2D eigenvalue weighted by atomic mass is 10.2. The van der Waals surface area contributed by atoms with E-state index in [0.29, 0.717) is 17.1 Å². The highest BCUT2D eigenvalue weighted by Gasteiger charge is 2.09. The number of nitrogens with two attached hydrogens (primary N) is 1. The van der Waals surface area contributed by atoms with E-state index in [1.807, 2.05) is 19.1 Å². The van der Waals surface area contributed by atoms with Crippen molar-refractivity contribution < 1.29 is 4.79 Å². The van der Waals surface area contributed by atoms with Gasteiger partial charge in [0.05, 0.1) is 17.1 Å². The largest absolute Gasteiger partial charge is 0.397 e. The maximum Gasteiger partial charge on any atom is 0.234 e. The number of hydrogen-bond donors (Lipinski definition) is 2. The summed E-state index contributed by atoms with van der Waals surface area (Å²) in [4.78, 5) is 14.3. The third-order valence-electron chi connectivity index (χ3n) is 3.31. The molecule has 0 radical (unpaired) electrons. The lowest BCUT2D eigenvalue weighted by Gasteiger charge is -2.17. The highest BCUT2D eigenvalue weighted by Crippen LogP contribution is 2.27. The second-order valence-corrected chi connectivity index (χ2v) is 6.83. The van der Waals surface area contributed by atoms with E-state index in [-0.39, 0.29) is 30.7 Å². The molecule has 0 atom stereocenters. The summed E-state index contributed by atoms with van der Waals surface area (Å²) < 4.78 is 0.915. The quantitative estimate of drug-likeness (QED) is 0.464. The molecular weight excluding hydrogens is 421 g/mol. The van der Waals surface area contributed by atoms with Crippen molar-refractivity contribution in [2.24, 2.45) is 0 Å². The first kappa shape index (κ1) is 25.1. The number of carbonyl (C=O) groups is 1. The number of nitrogens with zero attached hydrogens (tertiary/aromatic N) is 1. The zero-order chi connectivity index (χ0) is 15.8. The third-order valence-corrected chi connectivity index (χ3v) is 4.70. The van der Waals surface area contributed by atoms with Crippen molar-refractivity contribution in [2.45, 2.75) is 20.8 Å². The molecule has 1 aromatic carbocycles. The Hall–Kier alpha value is -0.140. The number of benzene rings is 1. The Balaban J connectivity index is 0. The van der Waals surface area contributed by atoms with Crippen LogP contribution in [-0.2, 0) is 4.79 Å². The van der Waals surface area contributed by atoms with Gasteiger partial charge in [-0.2, -0.15) is 11.8 Å². The minimum absolute atomic E-state index is 0. The average molecular weight is 447 g/mol. The van der Waals surface area contributed by atoms with E-state index in [0.717, 1.165) is 35.4 Å². The summed E-state index contributed by atoms with van der Waals surface area (Å²) in [6.07, 6.45) is 0. The maximum absolute atomic E-state index is 12.0. The molecule has 1 amide bonds. The molecule has 0 saturated heterocycles. The number of carbonyl (C=O) groups excluding carboxylic acids is 1. The summed E-state index contributed by atoms with van der Waals surface area (Å²) in [6, 6.07) is 3.77. The van der Waals surface area contributed by atoms with Crippen molar-refractivity contribution in [1.29, 1.82) is 0 Å². The van der Waals surface area contributed by atoms with Gasteiger partial charge in [-0.1, -0.05) is 29.8 Å². The van der Waals surface area contributed by atoms with E-state index >= 15 is 0 Å². The van der Waals surface area contributed by atoms with Gasteiger partial charge in [0.15, 0.2) is 0 Å². The molecule has 23 heavy (non-hydrogen) atoms. The first-order chi connectivity index (χ1) is 9.97. The Labute approximate surface area is 164 Å². The van der Waals surface area contributed by atoms with Crippen LogP contribution in [-0.4, -0.2) is 41.9 Å². The zero-order valence-corrected chi connectivity index (χ0v) is 17.8. The number of halogens is 3. The second kappa shape index (κ2) is 13.2. The van der Waals surface area contributed by atoms with E-state index in [1.165, 1.54) is 0 Å². The molecule has 8 heteroatoms. The molecule has 1 aromatic rings. The van der Waals surface area contributed by atoms with Crippen LogP contribution in [0, 0.1) is 6.92 Å². The molecule has 3 N–H and O–H groups in total. The predicted octanol–water partition coefficient (Wildman–Crippen LogP) is 4.20. The fourth-order valence-electron chi connectivity index (χ4n) is 1.94. The minimum atomic E-state index is -0.0104. The van der Waals surface area contributed by atoms with Crippen LogP contribution in [0.1, 0.15) is 19.4 Å². The fraction of sp³-hybridized carbons (Fsp3) is 0.533. The second-order valence-electron chi connectivity index (χ2n) is 4.81. The molecule has 0 aliphatic rings. The van der Waals surface area contributed by atoms with Crippen LogP contribution in [0.2, 0.25) is 0 Å². The van der Waals surface area contributed by atoms with E-state index < -0.39 is 0 Å². The van der Waals surface area contributed by atoms with Gasteiger partial charge < -0.3 is 16.0 Å². The molecule has 0 spiro atoms. The van der Waals surface area contributed by atoms with Gasteiger partial charge in [-0.15, -0.1) is 24.8 Å². The summed E-state index contributed by atoms with van der Waals surface area (Å²) in [6.45, 7) is 9.35. The van der Waals surface area contributed by atoms with Gasteiger partial charge in [0.25, 0.3) is 0 Å². The maximum atomic E-state index is 12.0. The van der Waals surface area contributed by atoms with Crippen molar-refractivity contribution >= 4 is 69.8 Å². The van der Waals surface area contributed by atoms with Gasteiger partial charge in [-0.05, 0) is 37.7 Å². The Morgan fingerprint density at radius 1 is 1.30 bits per heavy atom. The zero-order valence-electron chi connectivity index (χ0n) is 13.7. The lowest BCUT2D eigenvalue weighted by Crippen LogP contribution is -2.26. The van der Waals surface area contributed by atoms with Crippen molar-refractivity contribution in [1.82, 2.24) is 4.90 Å². The summed E-state index contributed by atoms with van der Waals surface area (Å²) in [5.74, 6) is 1.40. The summed E-state index contributed by atoms with van der Waals surface area (Å²) in [5.41, 5.74) is 8.24. The van der Waals surface area contributed by atoms with Crippen molar-refractivity contribution in [3.63, 3.8) is 0 Å². The smallest absolute Gasteiger partial charge is 0.234 e. The van der Waals surface area contributed by atoms with Gasteiger partial charge >= 0.3 is 0 Å². The minimum Gasteiger partial charge on any atom is -0.397 e. The van der Waals surface area contributed by atoms with Gasteiger partial charge in [0.2, 0.25) is 5.91 Å². The molecule has 0 saturated carbocycles. The highest BCUT2D eigenvalue weighted by molar-refractivity contribution is 9.10. The number of amides is 1. The number of thioether (sulfide) groups is 1. The number of rotatable bonds is 8. The molecule has 0 fully saturated rings. The Bertz CT molecular complexity index is 488. The molecule has 0 aliphatic carbocycles. The van der Waals surface area contributed by atoms with Crippen LogP contribution in [0.3, 0.4) is 0 Å². The first-order valence-electron chi connectivity index (χ1n) is 7.13. The third kappa shape index (κ3) is 9.05. The molecule has 134 valence electrons. The average Bonchev–Trinajstić information content (AvgIpc) is 2.44. The monoisotopic (exact) mass is 445 g/mol. The molecule has 1 rings (SSSR count). The first-order valence-corrected chi connectivity index (χ1v) is 9.08. The molecule has 0 heterocycles. The van der Waals surface area contributed by atoms with Crippen molar-refractivity contribution in [3.8, 4) is 0 Å². The summed E-state index contributed by atoms with van der Waals surface area (Å²) >= 11 is 5.06. The van der Waals surface area contributed by atoms with Crippen LogP contribution >= 0.6 is 52.5 Å². The van der Waals surface area contributed by atoms with Crippen LogP contribution in [0.15, 0.2) is 16.6 Å². The van der Waals surface area contributed by atoms with Crippen LogP contribution in [0.25, 0.3) is 0 Å². The highest BCUT2D eigenvalue weighted by atomic mass is 79.9. The molecule has 4 nitrogen and oxygen atoms in total. The van der Waals surface area contributed by atoms with E-state index in [1.54, 1.807) is 11.8 Å². The molecule has 0 bridgehead atoms. The van der Waals surface area contributed by atoms with Crippen molar-refractivity contribution in [2.75, 3.05) is 42.2 Å². The van der Waals surface area contributed by atoms with Crippen LogP contribution in [0.5, 0.6) is 0 Å². The molecule has 0 aromatic heterocycles. The number of nitrogen functional groups attached to an aromatic ring is 1. The van der Waals surface area contributed by atoms with E-state index in [2.05, 4.69) is 40.0 Å². The molecule has 0 unspecified atom stereocenters. The number of hydrogen-bond acceptors (Lipinski definition) is 4. The molecule has 0 aliphatic heterocycles. The summed E-state index contributed by atoms with van der Waals surface area (Å²) in [7, 11) is 0. The topological polar surface area (TPSA) is 58.4 Å².